The number of hydrogen-bond acceptors (Lipinski definition) is 2. The number of Topliss-reactive ketones (excluding diaryl/α,β-unsaturated/α-hetero) is 1. The summed E-state index contributed by atoms with van der Waals surface area (Å²) in [4.78, 5) is 12.6. The molecule has 1 saturated carbocycles. The van der Waals surface area contributed by atoms with E-state index in [-0.39, 0.29) is 11.6 Å². The summed E-state index contributed by atoms with van der Waals surface area (Å²) in [6.07, 6.45) is 4.64. The van der Waals surface area contributed by atoms with Gasteiger partial charge in [-0.25, -0.2) is 4.39 Å². The molecule has 98 valence electrons. The molecule has 0 bridgehead atoms. The maximum absolute atomic E-state index is 13.2. The number of hydrogen-bond donors (Lipinski definition) is 0. The predicted octanol–water partition coefficient (Wildman–Crippen LogP) is 3.75. The van der Waals surface area contributed by atoms with Crippen LogP contribution in [0, 0.1) is 5.82 Å². The molecule has 0 saturated heterocycles. The maximum atomic E-state index is 13.2. The average molecular weight is 250 g/mol. The lowest BCUT2D eigenvalue weighted by molar-refractivity contribution is -0.0411. The van der Waals surface area contributed by atoms with E-state index in [1.54, 1.807) is 12.1 Å². The highest BCUT2D eigenvalue weighted by Gasteiger charge is 2.40. The third-order valence-corrected chi connectivity index (χ3v) is 3.58. The van der Waals surface area contributed by atoms with E-state index in [2.05, 4.69) is 0 Å². The molecule has 0 aliphatic heterocycles. The Kier molecular flexibility index (Phi) is 4.12. The van der Waals surface area contributed by atoms with E-state index in [9.17, 15) is 9.18 Å². The van der Waals surface area contributed by atoms with Crippen molar-refractivity contribution in [2.75, 3.05) is 6.61 Å². The summed E-state index contributed by atoms with van der Waals surface area (Å²) in [5, 5.41) is 0. The molecule has 0 heterocycles. The van der Waals surface area contributed by atoms with Crippen LogP contribution >= 0.6 is 0 Å². The van der Waals surface area contributed by atoms with Crippen LogP contribution in [0.5, 0.6) is 0 Å². The van der Waals surface area contributed by atoms with E-state index in [1.807, 2.05) is 6.92 Å². The predicted molar refractivity (Wildman–Crippen MR) is 68.2 cm³/mol. The Morgan fingerprint density at radius 2 is 2.06 bits per heavy atom. The van der Waals surface area contributed by atoms with Crippen molar-refractivity contribution in [3.8, 4) is 0 Å². The first-order chi connectivity index (χ1) is 8.68. The molecule has 18 heavy (non-hydrogen) atoms. The fourth-order valence-corrected chi connectivity index (χ4v) is 2.73. The Morgan fingerprint density at radius 3 is 2.67 bits per heavy atom. The van der Waals surface area contributed by atoms with Crippen LogP contribution in [-0.4, -0.2) is 18.0 Å². The van der Waals surface area contributed by atoms with Crippen molar-refractivity contribution in [2.24, 2.45) is 0 Å². The normalized spacial score (nSPS) is 18.6. The lowest BCUT2D eigenvalue weighted by Crippen LogP contribution is -2.43. The first kappa shape index (κ1) is 13.2. The van der Waals surface area contributed by atoms with E-state index in [0.29, 0.717) is 12.2 Å². The van der Waals surface area contributed by atoms with Gasteiger partial charge < -0.3 is 4.74 Å². The lowest BCUT2D eigenvalue weighted by Gasteiger charge is -2.35. The van der Waals surface area contributed by atoms with E-state index in [0.717, 1.165) is 32.1 Å². The van der Waals surface area contributed by atoms with Gasteiger partial charge in [0.1, 0.15) is 11.4 Å². The number of benzene rings is 1. The Labute approximate surface area is 107 Å². The molecule has 1 fully saturated rings. The maximum Gasteiger partial charge on any atom is 0.194 e. The summed E-state index contributed by atoms with van der Waals surface area (Å²) in [5.74, 6) is -0.438. The summed E-state index contributed by atoms with van der Waals surface area (Å²) in [7, 11) is 0. The molecule has 3 heteroatoms. The Hall–Kier alpha value is -1.22. The Bertz CT molecular complexity index is 417. The molecule has 0 N–H and O–H groups in total. The molecule has 0 amide bonds. The zero-order valence-electron chi connectivity index (χ0n) is 10.7. The third-order valence-electron chi connectivity index (χ3n) is 3.58. The number of ether oxygens (including phenoxy) is 1. The van der Waals surface area contributed by atoms with Gasteiger partial charge in [0, 0.05) is 12.2 Å². The van der Waals surface area contributed by atoms with Gasteiger partial charge in [0.05, 0.1) is 0 Å². The van der Waals surface area contributed by atoms with Crippen molar-refractivity contribution in [3.63, 3.8) is 0 Å². The number of carbonyl (C=O) groups is 1. The molecule has 1 aliphatic carbocycles. The summed E-state index contributed by atoms with van der Waals surface area (Å²) >= 11 is 0. The molecule has 0 atom stereocenters. The SMILES string of the molecule is CCOC1(C(=O)c2cccc(F)c2)CCCCC1. The van der Waals surface area contributed by atoms with Gasteiger partial charge in [-0.3, -0.25) is 4.79 Å². The summed E-state index contributed by atoms with van der Waals surface area (Å²) in [6.45, 7) is 2.41. The average Bonchev–Trinajstić information content (AvgIpc) is 2.39. The fourth-order valence-electron chi connectivity index (χ4n) is 2.73. The van der Waals surface area contributed by atoms with Crippen LogP contribution in [0.2, 0.25) is 0 Å². The number of halogens is 1. The highest BCUT2D eigenvalue weighted by molar-refractivity contribution is 6.02. The van der Waals surface area contributed by atoms with Crippen LogP contribution in [-0.2, 0) is 4.74 Å². The van der Waals surface area contributed by atoms with Gasteiger partial charge in [0.15, 0.2) is 5.78 Å². The van der Waals surface area contributed by atoms with Gasteiger partial charge in [-0.15, -0.1) is 0 Å². The molecular weight excluding hydrogens is 231 g/mol. The van der Waals surface area contributed by atoms with E-state index < -0.39 is 5.60 Å². The number of ketones is 1. The Morgan fingerprint density at radius 1 is 1.33 bits per heavy atom. The smallest absolute Gasteiger partial charge is 0.194 e. The minimum Gasteiger partial charge on any atom is -0.367 e. The van der Waals surface area contributed by atoms with Crippen LogP contribution in [0.3, 0.4) is 0 Å². The standard InChI is InChI=1S/C15H19FO2/c1-2-18-15(9-4-3-5-10-15)14(17)12-7-6-8-13(16)11-12/h6-8,11H,2-5,9-10H2,1H3. The topological polar surface area (TPSA) is 26.3 Å². The van der Waals surface area contributed by atoms with Crippen molar-refractivity contribution in [2.45, 2.75) is 44.6 Å². The van der Waals surface area contributed by atoms with E-state index in [1.165, 1.54) is 12.1 Å². The first-order valence-electron chi connectivity index (χ1n) is 6.62. The van der Waals surface area contributed by atoms with Gasteiger partial charge in [0.25, 0.3) is 0 Å². The second kappa shape index (κ2) is 5.61. The van der Waals surface area contributed by atoms with Gasteiger partial charge in [-0.05, 0) is 31.9 Å². The van der Waals surface area contributed by atoms with Crippen molar-refractivity contribution in [1.82, 2.24) is 0 Å². The highest BCUT2D eigenvalue weighted by atomic mass is 19.1. The largest absolute Gasteiger partial charge is 0.367 e. The molecule has 1 aliphatic rings. The molecule has 2 nitrogen and oxygen atoms in total. The zero-order valence-corrected chi connectivity index (χ0v) is 10.7. The van der Waals surface area contributed by atoms with E-state index >= 15 is 0 Å². The van der Waals surface area contributed by atoms with Crippen molar-refractivity contribution in [1.29, 1.82) is 0 Å². The number of rotatable bonds is 4. The van der Waals surface area contributed by atoms with Gasteiger partial charge in [-0.1, -0.05) is 31.4 Å². The van der Waals surface area contributed by atoms with Crippen LogP contribution in [0.1, 0.15) is 49.4 Å². The molecule has 2 rings (SSSR count). The van der Waals surface area contributed by atoms with Crippen LogP contribution < -0.4 is 0 Å². The molecule has 0 spiro atoms. The molecule has 0 radical (unpaired) electrons. The van der Waals surface area contributed by atoms with E-state index in [4.69, 9.17) is 4.74 Å². The minimum atomic E-state index is -0.721. The van der Waals surface area contributed by atoms with Crippen LogP contribution in [0.4, 0.5) is 4.39 Å². The second-order valence-electron chi connectivity index (χ2n) is 4.83. The van der Waals surface area contributed by atoms with Gasteiger partial charge in [-0.2, -0.15) is 0 Å². The van der Waals surface area contributed by atoms with Crippen molar-refractivity contribution < 1.29 is 13.9 Å². The minimum absolute atomic E-state index is 0.0662. The van der Waals surface area contributed by atoms with Crippen molar-refractivity contribution >= 4 is 5.78 Å². The summed E-state index contributed by atoms with van der Waals surface area (Å²) in [5.41, 5.74) is -0.300. The molecular formula is C15H19FO2. The summed E-state index contributed by atoms with van der Waals surface area (Å²) in [6, 6.07) is 5.90. The van der Waals surface area contributed by atoms with Crippen LogP contribution in [0.15, 0.2) is 24.3 Å². The first-order valence-corrected chi connectivity index (χ1v) is 6.62. The monoisotopic (exact) mass is 250 g/mol. The molecule has 1 aromatic rings. The zero-order chi connectivity index (χ0) is 13.0. The molecule has 0 aromatic heterocycles. The van der Waals surface area contributed by atoms with Crippen molar-refractivity contribution in [3.05, 3.63) is 35.6 Å². The second-order valence-corrected chi connectivity index (χ2v) is 4.83. The highest BCUT2D eigenvalue weighted by Crippen LogP contribution is 2.34. The summed E-state index contributed by atoms with van der Waals surface area (Å²) < 4.78 is 19.0. The molecule has 1 aromatic carbocycles. The van der Waals surface area contributed by atoms with Crippen LogP contribution in [0.25, 0.3) is 0 Å². The molecule has 0 unspecified atom stereocenters. The van der Waals surface area contributed by atoms with Gasteiger partial charge in [0.2, 0.25) is 0 Å². The number of carbonyl (C=O) groups excluding carboxylic acids is 1. The third kappa shape index (κ3) is 2.61. The Balaban J connectivity index is 2.28. The van der Waals surface area contributed by atoms with Gasteiger partial charge >= 0.3 is 0 Å². The fraction of sp³-hybridized carbons (Fsp3) is 0.533. The quantitative estimate of drug-likeness (QED) is 0.761. The lowest BCUT2D eigenvalue weighted by atomic mass is 9.79.